The van der Waals surface area contributed by atoms with E-state index in [0.29, 0.717) is 11.8 Å². The molecule has 3 aromatic heterocycles. The van der Waals surface area contributed by atoms with Crippen LogP contribution in [0.15, 0.2) is 55.1 Å². The molecule has 2 aliphatic heterocycles. The Balaban J connectivity index is 0.000000181. The van der Waals surface area contributed by atoms with E-state index < -0.39 is 0 Å². The van der Waals surface area contributed by atoms with Crippen molar-refractivity contribution in [3.8, 4) is 22.6 Å². The van der Waals surface area contributed by atoms with Crippen LogP contribution in [0.5, 0.6) is 11.5 Å². The van der Waals surface area contributed by atoms with Crippen LogP contribution in [-0.4, -0.2) is 76.5 Å². The molecule has 0 saturated carbocycles. The highest BCUT2D eigenvalue weighted by atomic mass is 16.7. The summed E-state index contributed by atoms with van der Waals surface area (Å²) in [5.74, 6) is 2.54. The Bertz CT molecular complexity index is 1490. The van der Waals surface area contributed by atoms with Gasteiger partial charge >= 0.3 is 7.12 Å². The van der Waals surface area contributed by atoms with Crippen LogP contribution in [-0.2, 0) is 15.7 Å². The number of rotatable bonds is 7. The van der Waals surface area contributed by atoms with Crippen LogP contribution in [0, 0.1) is 0 Å². The van der Waals surface area contributed by atoms with Gasteiger partial charge in [-0.15, -0.1) is 0 Å². The van der Waals surface area contributed by atoms with Crippen molar-refractivity contribution in [1.82, 2.24) is 24.8 Å². The molecule has 0 radical (unpaired) electrons. The van der Waals surface area contributed by atoms with Crippen LogP contribution < -0.4 is 14.9 Å². The highest BCUT2D eigenvalue weighted by Crippen LogP contribution is 2.36. The van der Waals surface area contributed by atoms with Crippen molar-refractivity contribution in [2.45, 2.75) is 71.1 Å². The van der Waals surface area contributed by atoms with E-state index in [1.165, 1.54) is 19.4 Å². The SMILES string of the molecule is COc1cncc(-c2ccc3nc(CCN4CCC[C@H]4C)[nH]c3c2)c1.COc1cncc(B2OC(C)(C)C(C)(C)O2)c1. The zero-order valence-corrected chi connectivity index (χ0v) is 25.8. The predicted octanol–water partition coefficient (Wildman–Crippen LogP) is 5.05. The molecule has 1 aromatic carbocycles. The minimum absolute atomic E-state index is 0.333. The second-order valence-electron chi connectivity index (χ2n) is 12.1. The maximum atomic E-state index is 5.93. The zero-order valence-electron chi connectivity index (χ0n) is 25.8. The maximum absolute atomic E-state index is 5.93. The average molecular weight is 572 g/mol. The number of ether oxygens (including phenoxy) is 2. The van der Waals surface area contributed by atoms with Crippen molar-refractivity contribution in [2.24, 2.45) is 0 Å². The summed E-state index contributed by atoms with van der Waals surface area (Å²) in [6.45, 7) is 12.7. The molecule has 6 rings (SSSR count). The fourth-order valence-corrected chi connectivity index (χ4v) is 5.28. The predicted molar refractivity (Wildman–Crippen MR) is 166 cm³/mol. The average Bonchev–Trinajstić information content (AvgIpc) is 3.65. The lowest BCUT2D eigenvalue weighted by Gasteiger charge is -2.32. The molecule has 10 heteroatoms. The van der Waals surface area contributed by atoms with Crippen LogP contribution in [0.4, 0.5) is 0 Å². The van der Waals surface area contributed by atoms with Crippen LogP contribution >= 0.6 is 0 Å². The molecule has 0 aliphatic carbocycles. The molecule has 5 heterocycles. The van der Waals surface area contributed by atoms with Crippen molar-refractivity contribution >= 4 is 23.6 Å². The quantitative estimate of drug-likeness (QED) is 0.308. The Labute approximate surface area is 249 Å². The van der Waals surface area contributed by atoms with Crippen molar-refractivity contribution in [2.75, 3.05) is 27.3 Å². The molecule has 0 unspecified atom stereocenters. The molecule has 0 bridgehead atoms. The molecule has 1 N–H and O–H groups in total. The van der Waals surface area contributed by atoms with Crippen molar-refractivity contribution in [3.63, 3.8) is 0 Å². The van der Waals surface area contributed by atoms with E-state index in [1.807, 2.05) is 46.0 Å². The van der Waals surface area contributed by atoms with Gasteiger partial charge in [0.1, 0.15) is 17.3 Å². The van der Waals surface area contributed by atoms with E-state index in [4.69, 9.17) is 23.8 Å². The second kappa shape index (κ2) is 12.4. The van der Waals surface area contributed by atoms with E-state index in [1.54, 1.807) is 32.8 Å². The second-order valence-corrected chi connectivity index (χ2v) is 12.1. The first-order valence-electron chi connectivity index (χ1n) is 14.7. The molecule has 0 amide bonds. The summed E-state index contributed by atoms with van der Waals surface area (Å²) in [4.78, 5) is 19.1. The largest absolute Gasteiger partial charge is 0.496 e. The van der Waals surface area contributed by atoms with Crippen LogP contribution in [0.1, 0.15) is 53.3 Å². The summed E-state index contributed by atoms with van der Waals surface area (Å²) in [5.41, 5.74) is 4.46. The van der Waals surface area contributed by atoms with Crippen molar-refractivity contribution in [1.29, 1.82) is 0 Å². The molecular weight excluding hydrogens is 529 g/mol. The number of methoxy groups -OCH3 is 2. The molecule has 222 valence electrons. The summed E-state index contributed by atoms with van der Waals surface area (Å²) in [6, 6.07) is 10.9. The summed E-state index contributed by atoms with van der Waals surface area (Å²) in [6.07, 6.45) is 10.6. The topological polar surface area (TPSA) is 94.6 Å². The summed E-state index contributed by atoms with van der Waals surface area (Å²) in [5, 5.41) is 0. The minimum atomic E-state index is -0.386. The Hall–Kier alpha value is -3.47. The number of pyridine rings is 2. The highest BCUT2D eigenvalue weighted by Gasteiger charge is 2.51. The van der Waals surface area contributed by atoms with Gasteiger partial charge in [0, 0.05) is 42.4 Å². The van der Waals surface area contributed by atoms with Crippen molar-refractivity contribution in [3.05, 3.63) is 60.9 Å². The van der Waals surface area contributed by atoms with E-state index in [9.17, 15) is 0 Å². The lowest BCUT2D eigenvalue weighted by Crippen LogP contribution is -2.41. The maximum Gasteiger partial charge on any atom is 0.496 e. The normalized spacial score (nSPS) is 19.5. The summed E-state index contributed by atoms with van der Waals surface area (Å²) >= 11 is 0. The number of nitrogens with one attached hydrogen (secondary N) is 1. The Morgan fingerprint density at radius 1 is 0.929 bits per heavy atom. The molecule has 42 heavy (non-hydrogen) atoms. The molecular formula is C32H42BN5O4. The Morgan fingerprint density at radius 2 is 1.62 bits per heavy atom. The number of aromatic amines is 1. The van der Waals surface area contributed by atoms with E-state index in [-0.39, 0.29) is 18.3 Å². The van der Waals surface area contributed by atoms with E-state index in [2.05, 4.69) is 45.0 Å². The van der Waals surface area contributed by atoms with E-state index >= 15 is 0 Å². The lowest BCUT2D eigenvalue weighted by atomic mass is 9.80. The summed E-state index contributed by atoms with van der Waals surface area (Å²) < 4.78 is 22.3. The highest BCUT2D eigenvalue weighted by molar-refractivity contribution is 6.62. The Kier molecular flexibility index (Phi) is 8.87. The third kappa shape index (κ3) is 6.61. The number of hydrogen-bond acceptors (Lipinski definition) is 8. The third-order valence-electron chi connectivity index (χ3n) is 8.63. The number of likely N-dealkylation sites (tertiary alicyclic amines) is 1. The number of H-pyrrole nitrogens is 1. The number of benzene rings is 1. The molecule has 9 nitrogen and oxygen atoms in total. The van der Waals surface area contributed by atoms with Gasteiger partial charge in [-0.25, -0.2) is 4.98 Å². The number of imidazole rings is 1. The number of aromatic nitrogens is 4. The van der Waals surface area contributed by atoms with Crippen LogP contribution in [0.25, 0.3) is 22.2 Å². The first kappa shape index (κ1) is 30.0. The number of nitrogens with zero attached hydrogens (tertiary/aromatic N) is 4. The molecule has 1 atom stereocenters. The third-order valence-corrected chi connectivity index (χ3v) is 8.63. The van der Waals surface area contributed by atoms with Gasteiger partial charge in [-0.1, -0.05) is 6.07 Å². The zero-order chi connectivity index (χ0) is 29.9. The standard InChI is InChI=1S/C20H24N4O.C12H18BNO3/c1-14-4-3-8-24(14)9-7-20-22-18-6-5-15(11-19(18)23-20)16-10-17(25-2)13-21-12-16;1-11(2)12(3,4)17-13(16-11)9-6-10(15-5)8-14-7-9/h5-6,10-14H,3-4,7-9H2,1-2H3,(H,22,23);6-8H,1-5H3/t14-;/m1./s1. The van der Waals surface area contributed by atoms with Gasteiger partial charge in [-0.2, -0.15) is 0 Å². The molecule has 4 aromatic rings. The number of hydrogen-bond donors (Lipinski definition) is 1. The van der Waals surface area contributed by atoms with Gasteiger partial charge in [-0.05, 0) is 83.8 Å². The molecule has 0 spiro atoms. The minimum Gasteiger partial charge on any atom is -0.495 e. The van der Waals surface area contributed by atoms with Gasteiger partial charge in [-0.3, -0.25) is 9.97 Å². The molecule has 2 saturated heterocycles. The molecule has 2 fully saturated rings. The molecule has 2 aliphatic rings. The monoisotopic (exact) mass is 571 g/mol. The fraction of sp³-hybridized carbons (Fsp3) is 0.469. The van der Waals surface area contributed by atoms with Gasteiger partial charge in [0.25, 0.3) is 0 Å². The van der Waals surface area contributed by atoms with Crippen LogP contribution in [0.3, 0.4) is 0 Å². The van der Waals surface area contributed by atoms with Gasteiger partial charge in [0.2, 0.25) is 0 Å². The smallest absolute Gasteiger partial charge is 0.495 e. The first-order chi connectivity index (χ1) is 20.1. The van der Waals surface area contributed by atoms with Gasteiger partial charge in [0.15, 0.2) is 0 Å². The first-order valence-corrected chi connectivity index (χ1v) is 14.7. The van der Waals surface area contributed by atoms with E-state index in [0.717, 1.165) is 52.2 Å². The number of fused-ring (bicyclic) bond motifs is 1. The van der Waals surface area contributed by atoms with Gasteiger partial charge < -0.3 is 28.7 Å². The fourth-order valence-electron chi connectivity index (χ4n) is 5.28. The summed E-state index contributed by atoms with van der Waals surface area (Å²) in [7, 11) is 2.89. The van der Waals surface area contributed by atoms with Crippen molar-refractivity contribution < 1.29 is 18.8 Å². The Morgan fingerprint density at radius 3 is 2.29 bits per heavy atom. The van der Waals surface area contributed by atoms with Crippen LogP contribution in [0.2, 0.25) is 0 Å². The lowest BCUT2D eigenvalue weighted by molar-refractivity contribution is 0.00578. The van der Waals surface area contributed by atoms with Gasteiger partial charge in [0.05, 0.1) is 48.8 Å².